The molecule has 0 spiro atoms. The van der Waals surface area contributed by atoms with Crippen molar-refractivity contribution in [1.29, 1.82) is 0 Å². The molecule has 1 atom stereocenters. The van der Waals surface area contributed by atoms with Crippen LogP contribution in [0, 0.1) is 0 Å². The first-order valence-electron chi connectivity index (χ1n) is 7.95. The van der Waals surface area contributed by atoms with Crippen LogP contribution in [0.15, 0.2) is 53.9 Å². The molecule has 0 N–H and O–H groups in total. The molecule has 1 amide bonds. The number of nitrogens with zero attached hydrogens (tertiary/aromatic N) is 1. The van der Waals surface area contributed by atoms with Gasteiger partial charge in [-0.25, -0.2) is 0 Å². The number of rotatable bonds is 4. The Hall–Kier alpha value is -2.13. The number of thiophene rings is 1. The predicted octanol–water partition coefficient (Wildman–Crippen LogP) is 5.44. The smallest absolute Gasteiger partial charge is 0.254 e. The van der Waals surface area contributed by atoms with Gasteiger partial charge in [-0.15, -0.1) is 11.3 Å². The number of carbonyl (C=O) groups excluding carboxylic acids is 1. The maximum Gasteiger partial charge on any atom is 0.254 e. The van der Waals surface area contributed by atoms with Crippen molar-refractivity contribution >= 4 is 27.3 Å². The van der Waals surface area contributed by atoms with Crippen molar-refractivity contribution in [3.63, 3.8) is 0 Å². The summed E-state index contributed by atoms with van der Waals surface area (Å²) in [5, 5.41) is 3.27. The molecule has 118 valence electrons. The minimum absolute atomic E-state index is 0.0912. The average Bonchev–Trinajstić information content (AvgIpc) is 3.06. The van der Waals surface area contributed by atoms with Gasteiger partial charge >= 0.3 is 0 Å². The summed E-state index contributed by atoms with van der Waals surface area (Å²) < 4.78 is 1.16. The van der Waals surface area contributed by atoms with Crippen LogP contribution >= 0.6 is 11.3 Å². The van der Waals surface area contributed by atoms with Gasteiger partial charge in [0.2, 0.25) is 0 Å². The highest BCUT2D eigenvalue weighted by Gasteiger charge is 2.20. The normalized spacial score (nSPS) is 12.3. The lowest BCUT2D eigenvalue weighted by molar-refractivity contribution is 0.0741. The minimum atomic E-state index is 0.0912. The van der Waals surface area contributed by atoms with Crippen LogP contribution in [0.5, 0.6) is 0 Å². The Morgan fingerprint density at radius 3 is 2.61 bits per heavy atom. The predicted molar refractivity (Wildman–Crippen MR) is 99.1 cm³/mol. The summed E-state index contributed by atoms with van der Waals surface area (Å²) >= 11 is 1.68. The summed E-state index contributed by atoms with van der Waals surface area (Å²) in [6.07, 6.45) is 0.949. The van der Waals surface area contributed by atoms with Crippen molar-refractivity contribution in [1.82, 2.24) is 4.90 Å². The molecule has 2 nitrogen and oxygen atoms in total. The fourth-order valence-corrected chi connectivity index (χ4v) is 3.52. The zero-order valence-electron chi connectivity index (χ0n) is 13.7. The quantitative estimate of drug-likeness (QED) is 0.626. The molecule has 0 aliphatic heterocycles. The summed E-state index contributed by atoms with van der Waals surface area (Å²) in [7, 11) is 1.89. The Bertz CT molecular complexity index is 822. The molecule has 0 saturated heterocycles. The molecular formula is C20H21NOS. The van der Waals surface area contributed by atoms with Crippen molar-refractivity contribution in [2.24, 2.45) is 0 Å². The van der Waals surface area contributed by atoms with Crippen molar-refractivity contribution in [2.75, 3.05) is 7.05 Å². The van der Waals surface area contributed by atoms with E-state index in [4.69, 9.17) is 0 Å². The van der Waals surface area contributed by atoms with Gasteiger partial charge in [0.25, 0.3) is 5.91 Å². The largest absolute Gasteiger partial charge is 0.339 e. The molecule has 1 heterocycles. The second-order valence-electron chi connectivity index (χ2n) is 5.90. The molecule has 0 fully saturated rings. The second-order valence-corrected chi connectivity index (χ2v) is 6.84. The highest BCUT2D eigenvalue weighted by atomic mass is 32.1. The average molecular weight is 323 g/mol. The molecule has 0 saturated carbocycles. The van der Waals surface area contributed by atoms with E-state index < -0.39 is 0 Å². The SMILES string of the molecule is CCC(C)N(C)C(=O)c1cc2sccc2cc1-c1ccccc1. The van der Waals surface area contributed by atoms with Crippen LogP contribution in [0.1, 0.15) is 30.6 Å². The number of carbonyl (C=O) groups is 1. The zero-order chi connectivity index (χ0) is 16.4. The topological polar surface area (TPSA) is 20.3 Å². The van der Waals surface area contributed by atoms with Gasteiger partial charge in [0.15, 0.2) is 0 Å². The van der Waals surface area contributed by atoms with Crippen molar-refractivity contribution in [3.8, 4) is 11.1 Å². The van der Waals surface area contributed by atoms with Crippen molar-refractivity contribution in [3.05, 3.63) is 59.5 Å². The number of hydrogen-bond acceptors (Lipinski definition) is 2. The maximum atomic E-state index is 13.0. The van der Waals surface area contributed by atoms with E-state index in [9.17, 15) is 4.79 Å². The summed E-state index contributed by atoms with van der Waals surface area (Å²) in [5.41, 5.74) is 2.88. The third-order valence-corrected chi connectivity index (χ3v) is 5.36. The highest BCUT2D eigenvalue weighted by molar-refractivity contribution is 7.17. The number of hydrogen-bond donors (Lipinski definition) is 0. The van der Waals surface area contributed by atoms with E-state index in [1.807, 2.05) is 36.2 Å². The van der Waals surface area contributed by atoms with E-state index >= 15 is 0 Å². The Labute approximate surface area is 141 Å². The Balaban J connectivity index is 2.16. The first kappa shape index (κ1) is 15.8. The molecule has 0 aliphatic carbocycles. The zero-order valence-corrected chi connectivity index (χ0v) is 14.6. The lowest BCUT2D eigenvalue weighted by atomic mass is 9.97. The fourth-order valence-electron chi connectivity index (χ4n) is 2.71. The highest BCUT2D eigenvalue weighted by Crippen LogP contribution is 2.32. The molecule has 0 aliphatic rings. The van der Waals surface area contributed by atoms with Gasteiger partial charge in [0.05, 0.1) is 0 Å². The van der Waals surface area contributed by atoms with Crippen LogP contribution in [0.25, 0.3) is 21.2 Å². The van der Waals surface area contributed by atoms with Crippen LogP contribution in [0.4, 0.5) is 0 Å². The van der Waals surface area contributed by atoms with Gasteiger partial charge in [0.1, 0.15) is 0 Å². The molecular weight excluding hydrogens is 302 g/mol. The van der Waals surface area contributed by atoms with Gasteiger partial charge in [-0.3, -0.25) is 4.79 Å². The summed E-state index contributed by atoms with van der Waals surface area (Å²) in [6.45, 7) is 4.19. The van der Waals surface area contributed by atoms with Gasteiger partial charge in [-0.2, -0.15) is 0 Å². The molecule has 3 heteroatoms. The standard InChI is InChI=1S/C20H21NOS/c1-4-14(2)21(3)20(22)18-13-19-16(10-11-23-19)12-17(18)15-8-6-5-7-9-15/h5-14H,4H2,1-3H3. The molecule has 1 unspecified atom stereocenters. The number of amides is 1. The molecule has 23 heavy (non-hydrogen) atoms. The van der Waals surface area contributed by atoms with E-state index in [0.717, 1.165) is 27.8 Å². The molecule has 3 aromatic rings. The Kier molecular flexibility index (Phi) is 4.49. The second kappa shape index (κ2) is 6.55. The van der Waals surface area contributed by atoms with E-state index in [1.165, 1.54) is 5.39 Å². The number of benzene rings is 2. The Morgan fingerprint density at radius 1 is 1.17 bits per heavy atom. The van der Waals surface area contributed by atoms with E-state index in [0.29, 0.717) is 0 Å². The van der Waals surface area contributed by atoms with Crippen molar-refractivity contribution < 1.29 is 4.79 Å². The first-order valence-corrected chi connectivity index (χ1v) is 8.83. The first-order chi connectivity index (χ1) is 11.1. The number of fused-ring (bicyclic) bond motifs is 1. The van der Waals surface area contributed by atoms with E-state index in [2.05, 4.69) is 43.5 Å². The lowest BCUT2D eigenvalue weighted by Gasteiger charge is -2.25. The molecule has 3 rings (SSSR count). The fraction of sp³-hybridized carbons (Fsp3) is 0.250. The van der Waals surface area contributed by atoms with Crippen LogP contribution in [-0.2, 0) is 0 Å². The summed E-state index contributed by atoms with van der Waals surface area (Å²) in [4.78, 5) is 14.9. The van der Waals surface area contributed by atoms with Gasteiger partial charge < -0.3 is 4.90 Å². The summed E-state index contributed by atoms with van der Waals surface area (Å²) in [5.74, 6) is 0.0912. The van der Waals surface area contributed by atoms with Gasteiger partial charge in [-0.1, -0.05) is 37.3 Å². The summed E-state index contributed by atoms with van der Waals surface area (Å²) in [6, 6.07) is 16.7. The molecule has 1 aromatic heterocycles. The van der Waals surface area contributed by atoms with E-state index in [1.54, 1.807) is 11.3 Å². The molecule has 0 bridgehead atoms. The van der Waals surface area contributed by atoms with Crippen molar-refractivity contribution in [2.45, 2.75) is 26.3 Å². The van der Waals surface area contributed by atoms with Crippen LogP contribution in [0.3, 0.4) is 0 Å². The Morgan fingerprint density at radius 2 is 1.91 bits per heavy atom. The van der Waals surface area contributed by atoms with Crippen LogP contribution in [0.2, 0.25) is 0 Å². The van der Waals surface area contributed by atoms with Gasteiger partial charge in [0, 0.05) is 23.4 Å². The van der Waals surface area contributed by atoms with Crippen LogP contribution in [-0.4, -0.2) is 23.9 Å². The third kappa shape index (κ3) is 3.02. The van der Waals surface area contributed by atoms with Crippen LogP contribution < -0.4 is 0 Å². The van der Waals surface area contributed by atoms with E-state index in [-0.39, 0.29) is 11.9 Å². The van der Waals surface area contributed by atoms with Gasteiger partial charge in [-0.05, 0) is 53.4 Å². The lowest BCUT2D eigenvalue weighted by Crippen LogP contribution is -2.34. The minimum Gasteiger partial charge on any atom is -0.339 e. The molecule has 0 radical (unpaired) electrons. The maximum absolute atomic E-state index is 13.0. The monoisotopic (exact) mass is 323 g/mol. The molecule has 2 aromatic carbocycles. The third-order valence-electron chi connectivity index (χ3n) is 4.48.